The molecule has 0 aliphatic rings. The van der Waals surface area contributed by atoms with Gasteiger partial charge in [-0.05, 0) is 17.7 Å². The summed E-state index contributed by atoms with van der Waals surface area (Å²) < 4.78 is 27.1. The number of non-ortho nitro benzene ring substituents is 1. The lowest BCUT2D eigenvalue weighted by Crippen LogP contribution is -2.11. The second-order valence-corrected chi connectivity index (χ2v) is 7.28. The summed E-state index contributed by atoms with van der Waals surface area (Å²) in [6.45, 7) is 0. The quantitative estimate of drug-likeness (QED) is 0.491. The number of hydrogen-bond acceptors (Lipinski definition) is 6. The third-order valence-electron chi connectivity index (χ3n) is 3.88. The van der Waals surface area contributed by atoms with Gasteiger partial charge in [0.15, 0.2) is 0 Å². The van der Waals surface area contributed by atoms with Crippen LogP contribution in [0, 0.1) is 20.2 Å². The van der Waals surface area contributed by atoms with E-state index in [0.717, 1.165) is 11.5 Å². The molecular formula is C18H13N3O6S. The first-order valence-corrected chi connectivity index (χ1v) is 9.43. The van der Waals surface area contributed by atoms with Gasteiger partial charge in [0.25, 0.3) is 15.7 Å². The van der Waals surface area contributed by atoms with E-state index < -0.39 is 31.2 Å². The van der Waals surface area contributed by atoms with Crippen LogP contribution in [-0.2, 0) is 10.0 Å². The second kappa shape index (κ2) is 7.45. The van der Waals surface area contributed by atoms with Crippen LogP contribution in [0.4, 0.5) is 17.1 Å². The van der Waals surface area contributed by atoms with Crippen molar-refractivity contribution in [3.05, 3.63) is 91.9 Å². The maximum Gasteiger partial charge on any atom is 0.300 e. The van der Waals surface area contributed by atoms with E-state index in [1.165, 1.54) is 30.3 Å². The number of sulfonamides is 1. The third-order valence-corrected chi connectivity index (χ3v) is 4.86. The molecule has 3 rings (SSSR count). The number of anilines is 1. The number of benzene rings is 3. The number of nitrogens with zero attached hydrogens (tertiary/aromatic N) is 2. The number of nitro benzene ring substituents is 2. The Balaban J connectivity index is 2.13. The first-order valence-electron chi connectivity index (χ1n) is 7.89. The fourth-order valence-corrected chi connectivity index (χ4v) is 3.56. The lowest BCUT2D eigenvalue weighted by atomic mass is 10.1. The Morgan fingerprint density at radius 3 is 2.00 bits per heavy atom. The molecule has 0 fully saturated rings. The highest BCUT2D eigenvalue weighted by Crippen LogP contribution is 2.39. The molecule has 0 aliphatic heterocycles. The van der Waals surface area contributed by atoms with Gasteiger partial charge in [-0.2, -0.15) is 0 Å². The van der Waals surface area contributed by atoms with Gasteiger partial charge in [-0.3, -0.25) is 25.0 Å². The maximum absolute atomic E-state index is 12.5. The van der Waals surface area contributed by atoms with Crippen molar-refractivity contribution in [2.75, 3.05) is 4.72 Å². The normalized spacial score (nSPS) is 11.6. The lowest BCUT2D eigenvalue weighted by molar-refractivity contribution is -0.392. The number of hydrogen-bond donors (Lipinski definition) is 1. The van der Waals surface area contributed by atoms with Gasteiger partial charge in [0.2, 0.25) is 0 Å². The van der Waals surface area contributed by atoms with Crippen molar-refractivity contribution in [2.45, 2.75) is 0 Å². The van der Waals surface area contributed by atoms with Crippen molar-refractivity contribution in [1.29, 1.82) is 0 Å². The predicted molar refractivity (Wildman–Crippen MR) is 105 cm³/mol. The minimum absolute atomic E-state index is 0.0556. The fraction of sp³-hybridized carbons (Fsp3) is 0. The molecule has 142 valence electrons. The van der Waals surface area contributed by atoms with Gasteiger partial charge in [0.05, 0.1) is 26.7 Å². The van der Waals surface area contributed by atoms with Crippen LogP contribution >= 0.6 is 0 Å². The van der Waals surface area contributed by atoms with Crippen LogP contribution in [0.2, 0.25) is 0 Å². The van der Waals surface area contributed by atoms with Crippen molar-refractivity contribution in [3.63, 3.8) is 0 Å². The van der Waals surface area contributed by atoms with E-state index in [2.05, 4.69) is 4.72 Å². The summed E-state index contributed by atoms with van der Waals surface area (Å²) in [6.07, 6.45) is 1.34. The third kappa shape index (κ3) is 3.96. The van der Waals surface area contributed by atoms with E-state index in [4.69, 9.17) is 0 Å². The molecule has 0 atom stereocenters. The Labute approximate surface area is 159 Å². The van der Waals surface area contributed by atoms with Gasteiger partial charge in [-0.1, -0.05) is 48.5 Å². The minimum atomic E-state index is -4.12. The van der Waals surface area contributed by atoms with E-state index in [-0.39, 0.29) is 16.5 Å². The summed E-state index contributed by atoms with van der Waals surface area (Å²) in [7, 11) is -4.12. The molecule has 3 aromatic rings. The molecule has 3 aromatic carbocycles. The first-order chi connectivity index (χ1) is 13.3. The van der Waals surface area contributed by atoms with Crippen molar-refractivity contribution in [1.82, 2.24) is 0 Å². The zero-order valence-electron chi connectivity index (χ0n) is 14.2. The molecule has 0 aliphatic carbocycles. The summed E-state index contributed by atoms with van der Waals surface area (Å²) >= 11 is 0. The molecule has 0 amide bonds. The van der Waals surface area contributed by atoms with Crippen LogP contribution in [0.15, 0.2) is 66.1 Å². The Morgan fingerprint density at radius 2 is 1.39 bits per heavy atom. The SMILES string of the molecule is O=[N+]([O-])c1cc([N+](=O)[O-])c2ccccc2c1NS(=O)(=O)/C=C/c1ccccc1. The second-order valence-electron chi connectivity index (χ2n) is 5.71. The molecular weight excluding hydrogens is 386 g/mol. The number of nitrogens with one attached hydrogen (secondary N) is 1. The van der Waals surface area contributed by atoms with Crippen molar-refractivity contribution in [2.24, 2.45) is 0 Å². The van der Waals surface area contributed by atoms with Crippen molar-refractivity contribution in [3.8, 4) is 0 Å². The Morgan fingerprint density at radius 1 is 0.821 bits per heavy atom. The van der Waals surface area contributed by atoms with Gasteiger partial charge in [0, 0.05) is 5.39 Å². The monoisotopic (exact) mass is 399 g/mol. The average molecular weight is 399 g/mol. The average Bonchev–Trinajstić information content (AvgIpc) is 2.67. The van der Waals surface area contributed by atoms with Crippen molar-refractivity contribution < 1.29 is 18.3 Å². The number of fused-ring (bicyclic) bond motifs is 1. The van der Waals surface area contributed by atoms with E-state index in [9.17, 15) is 28.6 Å². The zero-order chi connectivity index (χ0) is 20.3. The van der Waals surface area contributed by atoms with E-state index in [1.54, 1.807) is 30.3 Å². The topological polar surface area (TPSA) is 132 Å². The molecule has 9 nitrogen and oxygen atoms in total. The molecule has 28 heavy (non-hydrogen) atoms. The molecule has 0 saturated heterocycles. The number of nitro groups is 2. The highest BCUT2D eigenvalue weighted by atomic mass is 32.2. The molecule has 0 aromatic heterocycles. The Hall–Kier alpha value is -3.79. The highest BCUT2D eigenvalue weighted by Gasteiger charge is 2.27. The van der Waals surface area contributed by atoms with E-state index >= 15 is 0 Å². The highest BCUT2D eigenvalue weighted by molar-refractivity contribution is 7.95. The maximum atomic E-state index is 12.5. The summed E-state index contributed by atoms with van der Waals surface area (Å²) in [5, 5.41) is 23.7. The van der Waals surface area contributed by atoms with Crippen LogP contribution in [0.5, 0.6) is 0 Å². The molecule has 0 radical (unpaired) electrons. The van der Waals surface area contributed by atoms with Crippen LogP contribution in [0.25, 0.3) is 16.8 Å². The van der Waals surface area contributed by atoms with Gasteiger partial charge in [-0.25, -0.2) is 8.42 Å². The molecule has 0 heterocycles. The molecule has 0 bridgehead atoms. The van der Waals surface area contributed by atoms with E-state index in [1.807, 2.05) is 0 Å². The molecule has 0 saturated carbocycles. The lowest BCUT2D eigenvalue weighted by Gasteiger charge is -2.10. The standard InChI is InChI=1S/C18H13N3O6S/c22-20(23)16-12-17(21(24)25)18(15-9-5-4-8-14(15)16)19-28(26,27)11-10-13-6-2-1-3-7-13/h1-12,19H/b11-10+. The number of rotatable bonds is 6. The largest absolute Gasteiger partial charge is 0.300 e. The van der Waals surface area contributed by atoms with Gasteiger partial charge >= 0.3 is 5.69 Å². The predicted octanol–water partition coefficient (Wildman–Crippen LogP) is 4.07. The van der Waals surface area contributed by atoms with Crippen LogP contribution in [-0.4, -0.2) is 18.3 Å². The molecule has 0 spiro atoms. The Kier molecular flexibility index (Phi) is 5.05. The van der Waals surface area contributed by atoms with Crippen molar-refractivity contribution >= 4 is 43.9 Å². The summed E-state index contributed by atoms with van der Waals surface area (Å²) in [5.74, 6) is 0. The minimum Gasteiger partial charge on any atom is -0.273 e. The Bertz CT molecular complexity index is 1210. The first kappa shape index (κ1) is 19.0. The molecule has 1 N–H and O–H groups in total. The van der Waals surface area contributed by atoms with Gasteiger partial charge < -0.3 is 0 Å². The van der Waals surface area contributed by atoms with Crippen LogP contribution in [0.3, 0.4) is 0 Å². The smallest absolute Gasteiger partial charge is 0.273 e. The molecule has 10 heteroatoms. The fourth-order valence-electron chi connectivity index (χ4n) is 2.65. The van der Waals surface area contributed by atoms with Gasteiger partial charge in [0.1, 0.15) is 5.69 Å². The van der Waals surface area contributed by atoms with E-state index in [0.29, 0.717) is 5.56 Å². The zero-order valence-corrected chi connectivity index (χ0v) is 15.0. The summed E-state index contributed by atoms with van der Waals surface area (Å²) in [6, 6.07) is 15.2. The van der Waals surface area contributed by atoms with Gasteiger partial charge in [-0.15, -0.1) is 0 Å². The summed E-state index contributed by atoms with van der Waals surface area (Å²) in [5.41, 5.74) is -0.896. The molecule has 0 unspecified atom stereocenters. The summed E-state index contributed by atoms with van der Waals surface area (Å²) in [4.78, 5) is 21.1. The van der Waals surface area contributed by atoms with Crippen LogP contribution in [0.1, 0.15) is 5.56 Å². The van der Waals surface area contributed by atoms with Crippen LogP contribution < -0.4 is 4.72 Å².